The molecule has 0 bridgehead atoms. The van der Waals surface area contributed by atoms with Crippen molar-refractivity contribution in [2.75, 3.05) is 28.4 Å². The summed E-state index contributed by atoms with van der Waals surface area (Å²) in [6.45, 7) is 3.47. The van der Waals surface area contributed by atoms with Crippen LogP contribution in [0.1, 0.15) is 40.1 Å². The molecule has 1 aromatic carbocycles. The highest BCUT2D eigenvalue weighted by Crippen LogP contribution is 2.47. The third-order valence-corrected chi connectivity index (χ3v) is 3.97. The van der Waals surface area contributed by atoms with E-state index in [9.17, 15) is 9.59 Å². The summed E-state index contributed by atoms with van der Waals surface area (Å²) in [6.07, 6.45) is 0.553. The topological polar surface area (TPSA) is 71.1 Å². The molecule has 0 saturated carbocycles. The minimum Gasteiger partial charge on any atom is -0.496 e. The van der Waals surface area contributed by atoms with E-state index in [4.69, 9.17) is 18.9 Å². The Morgan fingerprint density at radius 3 is 1.70 bits per heavy atom. The summed E-state index contributed by atoms with van der Waals surface area (Å²) in [5, 5.41) is 0. The van der Waals surface area contributed by atoms with Gasteiger partial charge in [0.1, 0.15) is 5.75 Å². The Hall–Kier alpha value is -2.50. The van der Waals surface area contributed by atoms with E-state index >= 15 is 0 Å². The van der Waals surface area contributed by atoms with E-state index in [2.05, 4.69) is 0 Å². The first-order chi connectivity index (χ1) is 11.0. The zero-order chi connectivity index (χ0) is 17.3. The SMILES string of the molecule is CCc1c(OC)c(OC)c2c(c1OC)C(=O)C(C)=C(OC)C2=O. The van der Waals surface area contributed by atoms with Gasteiger partial charge in [0.15, 0.2) is 23.0 Å². The van der Waals surface area contributed by atoms with Gasteiger partial charge in [0.25, 0.3) is 0 Å². The van der Waals surface area contributed by atoms with Gasteiger partial charge < -0.3 is 18.9 Å². The number of ether oxygens (including phenoxy) is 4. The predicted molar refractivity (Wildman–Crippen MR) is 83.8 cm³/mol. The highest BCUT2D eigenvalue weighted by atomic mass is 16.5. The highest BCUT2D eigenvalue weighted by Gasteiger charge is 2.39. The van der Waals surface area contributed by atoms with Crippen molar-refractivity contribution in [1.82, 2.24) is 0 Å². The second-order valence-corrected chi connectivity index (χ2v) is 5.00. The summed E-state index contributed by atoms with van der Waals surface area (Å²) in [4.78, 5) is 25.6. The molecule has 0 aliphatic heterocycles. The molecule has 6 nitrogen and oxygen atoms in total. The normalized spacial score (nSPS) is 13.8. The van der Waals surface area contributed by atoms with Gasteiger partial charge >= 0.3 is 0 Å². The number of methoxy groups -OCH3 is 4. The Balaban J connectivity index is 2.99. The van der Waals surface area contributed by atoms with Crippen LogP contribution in [0.5, 0.6) is 17.2 Å². The molecule has 0 spiro atoms. The molecule has 1 aliphatic carbocycles. The van der Waals surface area contributed by atoms with Crippen LogP contribution in [0.25, 0.3) is 0 Å². The first kappa shape index (κ1) is 16.9. The standard InChI is InChI=1S/C17H20O6/c1-7-9-15(21-4)10-11(17(23-6)16(9)22-5)13(19)14(20-3)8(2)12(10)18/h7H2,1-6H3. The van der Waals surface area contributed by atoms with E-state index in [1.807, 2.05) is 6.92 Å². The van der Waals surface area contributed by atoms with Gasteiger partial charge in [-0.05, 0) is 13.3 Å². The fourth-order valence-corrected chi connectivity index (χ4v) is 2.94. The number of hydrogen-bond donors (Lipinski definition) is 0. The number of fused-ring (bicyclic) bond motifs is 1. The molecular weight excluding hydrogens is 300 g/mol. The third kappa shape index (κ3) is 2.25. The van der Waals surface area contributed by atoms with Gasteiger partial charge in [0.05, 0.1) is 39.6 Å². The summed E-state index contributed by atoms with van der Waals surface area (Å²) >= 11 is 0. The average molecular weight is 320 g/mol. The lowest BCUT2D eigenvalue weighted by Crippen LogP contribution is -2.24. The maximum atomic E-state index is 12.8. The third-order valence-electron chi connectivity index (χ3n) is 3.97. The number of hydrogen-bond acceptors (Lipinski definition) is 6. The molecule has 124 valence electrons. The number of Topliss-reactive ketones (excluding diaryl/α,β-unsaturated/α-hetero) is 2. The Morgan fingerprint density at radius 1 is 0.739 bits per heavy atom. The van der Waals surface area contributed by atoms with Gasteiger partial charge in [-0.3, -0.25) is 9.59 Å². The van der Waals surface area contributed by atoms with Crippen molar-refractivity contribution >= 4 is 11.6 Å². The molecule has 0 aromatic heterocycles. The molecule has 6 heteroatoms. The largest absolute Gasteiger partial charge is 0.496 e. The van der Waals surface area contributed by atoms with Crippen LogP contribution < -0.4 is 14.2 Å². The quantitative estimate of drug-likeness (QED) is 0.830. The number of carbonyl (C=O) groups excluding carboxylic acids is 2. The molecule has 0 saturated heterocycles. The maximum absolute atomic E-state index is 12.8. The fraction of sp³-hybridized carbons (Fsp3) is 0.412. The van der Waals surface area contributed by atoms with E-state index in [-0.39, 0.29) is 34.0 Å². The van der Waals surface area contributed by atoms with Gasteiger partial charge in [-0.15, -0.1) is 0 Å². The summed E-state index contributed by atoms with van der Waals surface area (Å²) in [7, 11) is 5.73. The molecule has 23 heavy (non-hydrogen) atoms. The monoisotopic (exact) mass is 320 g/mol. The lowest BCUT2D eigenvalue weighted by atomic mass is 9.85. The van der Waals surface area contributed by atoms with Crippen LogP contribution in [-0.4, -0.2) is 40.0 Å². The Bertz CT molecular complexity index is 715. The molecule has 0 fully saturated rings. The van der Waals surface area contributed by atoms with Crippen LogP contribution in [0.15, 0.2) is 11.3 Å². The van der Waals surface area contributed by atoms with E-state index in [0.717, 1.165) is 0 Å². The van der Waals surface area contributed by atoms with Crippen molar-refractivity contribution in [3.8, 4) is 17.2 Å². The second kappa shape index (κ2) is 6.32. The molecule has 0 N–H and O–H groups in total. The summed E-state index contributed by atoms with van der Waals surface area (Å²) < 4.78 is 21.4. The first-order valence-corrected chi connectivity index (χ1v) is 7.17. The lowest BCUT2D eigenvalue weighted by Gasteiger charge is -2.25. The number of allylic oxidation sites excluding steroid dienone is 2. The molecule has 1 aliphatic rings. The van der Waals surface area contributed by atoms with E-state index in [1.165, 1.54) is 28.4 Å². The number of ketones is 2. The molecule has 0 radical (unpaired) electrons. The zero-order valence-electron chi connectivity index (χ0n) is 14.2. The molecule has 2 rings (SSSR count). The van der Waals surface area contributed by atoms with E-state index in [1.54, 1.807) is 6.92 Å². The van der Waals surface area contributed by atoms with Gasteiger partial charge in [0, 0.05) is 11.1 Å². The Morgan fingerprint density at radius 2 is 1.26 bits per heavy atom. The summed E-state index contributed by atoms with van der Waals surface area (Å²) in [5.74, 6) is 0.226. The molecule has 0 unspecified atom stereocenters. The Labute approximate surface area is 135 Å². The highest BCUT2D eigenvalue weighted by molar-refractivity contribution is 6.28. The van der Waals surface area contributed by atoms with Gasteiger partial charge in [-0.25, -0.2) is 0 Å². The van der Waals surface area contributed by atoms with Crippen LogP contribution in [-0.2, 0) is 11.2 Å². The predicted octanol–water partition coefficient (Wildman–Crippen LogP) is 2.57. The van der Waals surface area contributed by atoms with Crippen LogP contribution in [0.3, 0.4) is 0 Å². The van der Waals surface area contributed by atoms with E-state index in [0.29, 0.717) is 23.5 Å². The fourth-order valence-electron chi connectivity index (χ4n) is 2.94. The van der Waals surface area contributed by atoms with Crippen LogP contribution in [0, 0.1) is 0 Å². The Kier molecular flexibility index (Phi) is 4.63. The van der Waals surface area contributed by atoms with Crippen molar-refractivity contribution in [2.45, 2.75) is 20.3 Å². The molecule has 0 amide bonds. The molecule has 0 heterocycles. The van der Waals surface area contributed by atoms with Crippen molar-refractivity contribution in [1.29, 1.82) is 0 Å². The van der Waals surface area contributed by atoms with Crippen LogP contribution in [0.4, 0.5) is 0 Å². The minimum atomic E-state index is -0.421. The van der Waals surface area contributed by atoms with Crippen molar-refractivity contribution < 1.29 is 28.5 Å². The van der Waals surface area contributed by atoms with Gasteiger partial charge in [-0.2, -0.15) is 0 Å². The second-order valence-electron chi connectivity index (χ2n) is 5.00. The first-order valence-electron chi connectivity index (χ1n) is 7.17. The number of rotatable bonds is 5. The number of carbonyl (C=O) groups is 2. The van der Waals surface area contributed by atoms with Crippen LogP contribution >= 0.6 is 0 Å². The van der Waals surface area contributed by atoms with Gasteiger partial charge in [-0.1, -0.05) is 6.92 Å². The smallest absolute Gasteiger partial charge is 0.232 e. The van der Waals surface area contributed by atoms with E-state index < -0.39 is 5.78 Å². The summed E-state index contributed by atoms with van der Waals surface area (Å²) in [6, 6.07) is 0. The molecule has 1 aromatic rings. The number of benzene rings is 1. The van der Waals surface area contributed by atoms with Crippen molar-refractivity contribution in [2.24, 2.45) is 0 Å². The molecular formula is C17H20O6. The lowest BCUT2D eigenvalue weighted by molar-refractivity contribution is 0.0900. The zero-order valence-corrected chi connectivity index (χ0v) is 14.2. The van der Waals surface area contributed by atoms with Crippen molar-refractivity contribution in [3.63, 3.8) is 0 Å². The average Bonchev–Trinajstić information content (AvgIpc) is 2.57. The molecule has 0 atom stereocenters. The minimum absolute atomic E-state index is 0.00848. The van der Waals surface area contributed by atoms with Gasteiger partial charge in [0.2, 0.25) is 5.78 Å². The maximum Gasteiger partial charge on any atom is 0.232 e. The van der Waals surface area contributed by atoms with Crippen molar-refractivity contribution in [3.05, 3.63) is 28.0 Å². The van der Waals surface area contributed by atoms with Crippen LogP contribution in [0.2, 0.25) is 0 Å². The summed E-state index contributed by atoms with van der Waals surface area (Å²) in [5.41, 5.74) is 1.24.